The van der Waals surface area contributed by atoms with Crippen molar-refractivity contribution in [2.24, 2.45) is 0 Å². The lowest BCUT2D eigenvalue weighted by Crippen LogP contribution is -2.25. The van der Waals surface area contributed by atoms with Crippen LogP contribution in [0.2, 0.25) is 0 Å². The minimum Gasteiger partial charge on any atom is -0.148 e. The third kappa shape index (κ3) is 15.5. The van der Waals surface area contributed by atoms with Gasteiger partial charge in [-0.15, -0.1) is 4.84 Å². The number of rotatable bonds is 13. The number of hydrogen-bond donors (Lipinski definition) is 0. The maximum atomic E-state index is 5.28. The van der Waals surface area contributed by atoms with Gasteiger partial charge in [0.15, 0.2) is 7.05 Å². The van der Waals surface area contributed by atoms with Crippen LogP contribution in [-0.2, 0) is 4.84 Å². The molecule has 0 aliphatic carbocycles. The Morgan fingerprint density at radius 1 is 0.750 bits per heavy atom. The van der Waals surface area contributed by atoms with Gasteiger partial charge in [0, 0.05) is 11.5 Å². The third-order valence-electron chi connectivity index (χ3n) is 3.43. The van der Waals surface area contributed by atoms with Gasteiger partial charge in [-0.05, 0) is 19.3 Å². The summed E-state index contributed by atoms with van der Waals surface area (Å²) in [6.07, 6.45) is 14.9. The average Bonchev–Trinajstić information content (AvgIpc) is 2.44. The zero-order valence-electron chi connectivity index (χ0n) is 14.0. The Bertz CT molecular complexity index is 242. The highest BCUT2D eigenvalue weighted by molar-refractivity contribution is 5.00. The number of hydroxylamine groups is 2. The standard InChI is InChI=1S/C18H35NO/c1-4-6-7-8-9-10-11-12-13-14-15-16-17-18-19(3)20-5-2/h4-15,18H2,1-3H3/q+1. The minimum atomic E-state index is 0.714. The number of unbranched alkanes of at least 4 members (excludes halogenated alkanes) is 10. The van der Waals surface area contributed by atoms with E-state index in [4.69, 9.17) is 4.84 Å². The van der Waals surface area contributed by atoms with Crippen molar-refractivity contribution in [1.29, 1.82) is 0 Å². The summed E-state index contributed by atoms with van der Waals surface area (Å²) in [7, 11) is 1.93. The van der Waals surface area contributed by atoms with Gasteiger partial charge in [-0.1, -0.05) is 70.6 Å². The van der Waals surface area contributed by atoms with Gasteiger partial charge in [0.25, 0.3) is 0 Å². The second-order valence-electron chi connectivity index (χ2n) is 5.49. The van der Waals surface area contributed by atoms with E-state index < -0.39 is 0 Å². The molecule has 0 atom stereocenters. The zero-order valence-corrected chi connectivity index (χ0v) is 14.0. The molecule has 20 heavy (non-hydrogen) atoms. The maximum absolute atomic E-state index is 5.28. The van der Waals surface area contributed by atoms with E-state index in [2.05, 4.69) is 18.8 Å². The summed E-state index contributed by atoms with van der Waals surface area (Å²) in [5.41, 5.74) is 0. The molecule has 0 aliphatic rings. The van der Waals surface area contributed by atoms with Gasteiger partial charge in [-0.25, -0.2) is 0 Å². The fourth-order valence-electron chi connectivity index (χ4n) is 2.22. The largest absolute Gasteiger partial charge is 0.220 e. The summed E-state index contributed by atoms with van der Waals surface area (Å²) < 4.78 is 0. The molecule has 0 aromatic heterocycles. The molecule has 0 heterocycles. The molecule has 0 aliphatic heterocycles. The lowest BCUT2D eigenvalue weighted by Gasteiger charge is -2.00. The van der Waals surface area contributed by atoms with E-state index in [-0.39, 0.29) is 0 Å². The Balaban J connectivity index is 3.15. The molecule has 0 aromatic carbocycles. The molecule has 0 amide bonds. The van der Waals surface area contributed by atoms with Crippen molar-refractivity contribution in [3.8, 4) is 11.8 Å². The highest BCUT2D eigenvalue weighted by Gasteiger charge is 2.03. The van der Waals surface area contributed by atoms with Crippen LogP contribution in [0.3, 0.4) is 0 Å². The molecule has 0 unspecified atom stereocenters. The van der Waals surface area contributed by atoms with E-state index >= 15 is 0 Å². The lowest BCUT2D eigenvalue weighted by atomic mass is 10.1. The summed E-state index contributed by atoms with van der Waals surface area (Å²) in [4.78, 5) is 5.28. The van der Waals surface area contributed by atoms with Gasteiger partial charge < -0.3 is 0 Å². The van der Waals surface area contributed by atoms with Crippen LogP contribution in [-0.4, -0.2) is 20.2 Å². The van der Waals surface area contributed by atoms with Gasteiger partial charge >= 0.3 is 0 Å². The first-order valence-corrected chi connectivity index (χ1v) is 8.61. The molecule has 1 radical (unpaired) electrons. The summed E-state index contributed by atoms with van der Waals surface area (Å²) in [6, 6.07) is 0. The van der Waals surface area contributed by atoms with Crippen LogP contribution in [0.15, 0.2) is 0 Å². The molecule has 0 fully saturated rings. The third-order valence-corrected chi connectivity index (χ3v) is 3.43. The molecule has 117 valence electrons. The molecule has 0 aromatic rings. The van der Waals surface area contributed by atoms with E-state index in [0.29, 0.717) is 6.54 Å². The average molecular weight is 281 g/mol. The van der Waals surface area contributed by atoms with Crippen LogP contribution in [0, 0.1) is 11.8 Å². The molecule has 0 spiro atoms. The summed E-state index contributed by atoms with van der Waals surface area (Å²) >= 11 is 0. The van der Waals surface area contributed by atoms with Gasteiger partial charge in [0.2, 0.25) is 6.54 Å². The van der Waals surface area contributed by atoms with Crippen molar-refractivity contribution in [2.45, 2.75) is 84.5 Å². The molecular weight excluding hydrogens is 246 g/mol. The van der Waals surface area contributed by atoms with Crippen molar-refractivity contribution < 1.29 is 4.84 Å². The van der Waals surface area contributed by atoms with Crippen molar-refractivity contribution in [1.82, 2.24) is 5.06 Å². The second kappa shape index (κ2) is 16.5. The van der Waals surface area contributed by atoms with E-state index in [1.54, 1.807) is 5.06 Å². The Hall–Kier alpha value is -0.520. The predicted octanol–water partition coefficient (Wildman–Crippen LogP) is 5.02. The van der Waals surface area contributed by atoms with E-state index in [1.165, 1.54) is 64.2 Å². The second-order valence-corrected chi connectivity index (χ2v) is 5.49. The van der Waals surface area contributed by atoms with Crippen molar-refractivity contribution in [2.75, 3.05) is 20.2 Å². The summed E-state index contributed by atoms with van der Waals surface area (Å²) in [6.45, 7) is 5.70. The molecule has 2 nitrogen and oxygen atoms in total. The van der Waals surface area contributed by atoms with Crippen LogP contribution < -0.4 is 5.06 Å². The van der Waals surface area contributed by atoms with E-state index in [0.717, 1.165) is 13.0 Å². The quantitative estimate of drug-likeness (QED) is 0.200. The topological polar surface area (TPSA) is 15.1 Å². The monoisotopic (exact) mass is 281 g/mol. The molecule has 0 saturated heterocycles. The zero-order chi connectivity index (χ0) is 14.9. The predicted molar refractivity (Wildman–Crippen MR) is 88.8 cm³/mol. The highest BCUT2D eigenvalue weighted by atomic mass is 16.7. The summed E-state index contributed by atoms with van der Waals surface area (Å²) in [5, 5.41) is 1.80. The van der Waals surface area contributed by atoms with E-state index in [1.807, 2.05) is 14.0 Å². The van der Waals surface area contributed by atoms with Gasteiger partial charge in [-0.2, -0.15) is 0 Å². The van der Waals surface area contributed by atoms with Crippen LogP contribution in [0.25, 0.3) is 0 Å². The molecular formula is C18H35NO+. The number of nitrogens with zero attached hydrogens (tertiary/aromatic N) is 1. The first kappa shape index (κ1) is 19.5. The lowest BCUT2D eigenvalue weighted by molar-refractivity contribution is -0.0367. The van der Waals surface area contributed by atoms with Crippen molar-refractivity contribution in [3.63, 3.8) is 0 Å². The van der Waals surface area contributed by atoms with Crippen LogP contribution >= 0.6 is 0 Å². The molecule has 0 rings (SSSR count). The molecule has 0 N–H and O–H groups in total. The number of hydrogen-bond acceptors (Lipinski definition) is 2. The van der Waals surface area contributed by atoms with Gasteiger partial charge in [0.1, 0.15) is 6.61 Å². The molecule has 0 bridgehead atoms. The van der Waals surface area contributed by atoms with Crippen molar-refractivity contribution in [3.05, 3.63) is 0 Å². The Morgan fingerprint density at radius 2 is 1.30 bits per heavy atom. The maximum Gasteiger partial charge on any atom is 0.220 e. The van der Waals surface area contributed by atoms with Crippen LogP contribution in [0.5, 0.6) is 0 Å². The molecule has 0 saturated carbocycles. The van der Waals surface area contributed by atoms with Crippen LogP contribution in [0.1, 0.15) is 84.5 Å². The first-order chi connectivity index (χ1) is 9.81. The highest BCUT2D eigenvalue weighted by Crippen LogP contribution is 2.10. The normalized spacial score (nSPS) is 10.6. The van der Waals surface area contributed by atoms with Crippen molar-refractivity contribution >= 4 is 0 Å². The van der Waals surface area contributed by atoms with E-state index in [9.17, 15) is 0 Å². The fraction of sp³-hybridized carbons (Fsp3) is 0.889. The van der Waals surface area contributed by atoms with Gasteiger partial charge in [-0.3, -0.25) is 0 Å². The SMILES string of the molecule is CCCCCCCCCCCCC#CC[N+](C)OCC. The fourth-order valence-corrected chi connectivity index (χ4v) is 2.22. The smallest absolute Gasteiger partial charge is 0.148 e. The summed E-state index contributed by atoms with van der Waals surface area (Å²) in [5.74, 6) is 6.38. The Morgan fingerprint density at radius 3 is 1.85 bits per heavy atom. The Labute approximate surface area is 127 Å². The first-order valence-electron chi connectivity index (χ1n) is 8.61. The van der Waals surface area contributed by atoms with Crippen LogP contribution in [0.4, 0.5) is 0 Å². The van der Waals surface area contributed by atoms with Gasteiger partial charge in [0.05, 0.1) is 0 Å². The minimum absolute atomic E-state index is 0.714. The Kier molecular flexibility index (Phi) is 16.1. The molecule has 2 heteroatoms.